The van der Waals surface area contributed by atoms with Gasteiger partial charge in [0.05, 0.1) is 0 Å². The predicted molar refractivity (Wildman–Crippen MR) is 92.3 cm³/mol. The van der Waals surface area contributed by atoms with Gasteiger partial charge in [-0.2, -0.15) is 0 Å². The van der Waals surface area contributed by atoms with Crippen LogP contribution >= 0.6 is 0 Å². The molecular formula is C20H31NO. The molecule has 122 valence electrons. The van der Waals surface area contributed by atoms with Crippen molar-refractivity contribution in [3.05, 3.63) is 34.9 Å². The van der Waals surface area contributed by atoms with E-state index in [1.807, 2.05) is 0 Å². The summed E-state index contributed by atoms with van der Waals surface area (Å²) < 4.78 is 5.83. The number of nitrogens with two attached hydrogens (primary N) is 1. The van der Waals surface area contributed by atoms with Gasteiger partial charge in [0.15, 0.2) is 0 Å². The van der Waals surface area contributed by atoms with Gasteiger partial charge in [-0.1, -0.05) is 31.5 Å². The Kier molecular flexibility index (Phi) is 5.54. The number of hydrogen-bond donors (Lipinski definition) is 1. The molecule has 0 spiro atoms. The SMILES string of the molecule is CCCCOCC1CCc2cc(C3CCC(N)C3)ccc2C1. The second-order valence-electron chi connectivity index (χ2n) is 7.34. The van der Waals surface area contributed by atoms with Crippen molar-refractivity contribution in [2.24, 2.45) is 11.7 Å². The lowest BCUT2D eigenvalue weighted by atomic mass is 9.82. The van der Waals surface area contributed by atoms with Crippen molar-refractivity contribution < 1.29 is 4.74 Å². The van der Waals surface area contributed by atoms with E-state index < -0.39 is 0 Å². The standard InChI is InChI=1S/C20H31NO/c1-2-3-10-22-14-15-4-5-17-12-18(7-6-16(17)11-15)19-8-9-20(21)13-19/h6-7,12,15,19-20H,2-5,8-11,13-14,21H2,1H3. The van der Waals surface area contributed by atoms with Crippen LogP contribution in [0.25, 0.3) is 0 Å². The maximum atomic E-state index is 6.07. The molecule has 2 aliphatic rings. The number of unbranched alkanes of at least 4 members (excludes halogenated alkanes) is 1. The molecule has 3 unspecified atom stereocenters. The first-order chi connectivity index (χ1) is 10.8. The number of fused-ring (bicyclic) bond motifs is 1. The van der Waals surface area contributed by atoms with E-state index in [2.05, 4.69) is 25.1 Å². The zero-order valence-corrected chi connectivity index (χ0v) is 14.0. The van der Waals surface area contributed by atoms with Gasteiger partial charge in [0, 0.05) is 19.3 Å². The maximum absolute atomic E-state index is 6.07. The van der Waals surface area contributed by atoms with Gasteiger partial charge in [0.2, 0.25) is 0 Å². The van der Waals surface area contributed by atoms with Crippen LogP contribution in [0.3, 0.4) is 0 Å². The molecular weight excluding hydrogens is 270 g/mol. The third kappa shape index (κ3) is 3.91. The topological polar surface area (TPSA) is 35.2 Å². The molecule has 0 radical (unpaired) electrons. The summed E-state index contributed by atoms with van der Waals surface area (Å²) in [6.07, 6.45) is 9.76. The average molecular weight is 301 g/mol. The third-order valence-electron chi connectivity index (χ3n) is 5.50. The van der Waals surface area contributed by atoms with Crippen LogP contribution in [0.5, 0.6) is 0 Å². The molecule has 2 N–H and O–H groups in total. The molecule has 1 aromatic rings. The van der Waals surface area contributed by atoms with Crippen LogP contribution < -0.4 is 5.73 Å². The van der Waals surface area contributed by atoms with Gasteiger partial charge in [0.25, 0.3) is 0 Å². The molecule has 0 heterocycles. The van der Waals surface area contributed by atoms with Crippen LogP contribution in [0.1, 0.15) is 68.1 Å². The van der Waals surface area contributed by atoms with Crippen LogP contribution in [0.2, 0.25) is 0 Å². The predicted octanol–water partition coefficient (Wildman–Crippen LogP) is 4.20. The smallest absolute Gasteiger partial charge is 0.0497 e. The van der Waals surface area contributed by atoms with E-state index in [-0.39, 0.29) is 0 Å². The number of rotatable bonds is 6. The number of hydrogen-bond acceptors (Lipinski definition) is 2. The van der Waals surface area contributed by atoms with E-state index in [4.69, 9.17) is 10.5 Å². The quantitative estimate of drug-likeness (QED) is 0.799. The Morgan fingerprint density at radius 3 is 2.86 bits per heavy atom. The van der Waals surface area contributed by atoms with E-state index >= 15 is 0 Å². The molecule has 3 rings (SSSR count). The van der Waals surface area contributed by atoms with Gasteiger partial charge in [0.1, 0.15) is 0 Å². The first-order valence-electron chi connectivity index (χ1n) is 9.21. The van der Waals surface area contributed by atoms with E-state index in [0.29, 0.717) is 12.0 Å². The number of benzene rings is 1. The summed E-state index contributed by atoms with van der Waals surface area (Å²) in [6.45, 7) is 4.09. The number of ether oxygens (including phenoxy) is 1. The van der Waals surface area contributed by atoms with E-state index in [1.54, 1.807) is 11.1 Å². The second-order valence-corrected chi connectivity index (χ2v) is 7.34. The molecule has 2 heteroatoms. The van der Waals surface area contributed by atoms with Crippen LogP contribution in [-0.4, -0.2) is 19.3 Å². The van der Waals surface area contributed by atoms with Gasteiger partial charge in [-0.05, 0) is 73.5 Å². The monoisotopic (exact) mass is 301 g/mol. The minimum atomic E-state index is 0.422. The molecule has 0 bridgehead atoms. The fourth-order valence-electron chi connectivity index (χ4n) is 4.06. The van der Waals surface area contributed by atoms with Crippen LogP contribution in [-0.2, 0) is 17.6 Å². The Bertz CT molecular complexity index is 485. The van der Waals surface area contributed by atoms with Crippen molar-refractivity contribution in [1.82, 2.24) is 0 Å². The molecule has 3 atom stereocenters. The summed E-state index contributed by atoms with van der Waals surface area (Å²) in [7, 11) is 0. The molecule has 1 aromatic carbocycles. The molecule has 0 saturated heterocycles. The maximum Gasteiger partial charge on any atom is 0.0497 e. The fourth-order valence-corrected chi connectivity index (χ4v) is 4.06. The molecule has 22 heavy (non-hydrogen) atoms. The minimum Gasteiger partial charge on any atom is -0.381 e. The summed E-state index contributed by atoms with van der Waals surface area (Å²) >= 11 is 0. The largest absolute Gasteiger partial charge is 0.381 e. The van der Waals surface area contributed by atoms with Crippen molar-refractivity contribution in [3.63, 3.8) is 0 Å². The fraction of sp³-hybridized carbons (Fsp3) is 0.700. The van der Waals surface area contributed by atoms with Crippen LogP contribution in [0.15, 0.2) is 18.2 Å². The lowest BCUT2D eigenvalue weighted by Crippen LogP contribution is -2.20. The zero-order chi connectivity index (χ0) is 15.4. The summed E-state index contributed by atoms with van der Waals surface area (Å²) in [5, 5.41) is 0. The van der Waals surface area contributed by atoms with E-state index in [0.717, 1.165) is 19.1 Å². The summed E-state index contributed by atoms with van der Waals surface area (Å²) in [6, 6.07) is 7.64. The second kappa shape index (κ2) is 7.61. The lowest BCUT2D eigenvalue weighted by Gasteiger charge is -2.26. The highest BCUT2D eigenvalue weighted by Gasteiger charge is 2.25. The van der Waals surface area contributed by atoms with E-state index in [1.165, 1.54) is 56.9 Å². The van der Waals surface area contributed by atoms with Gasteiger partial charge >= 0.3 is 0 Å². The Labute approximate surface area is 135 Å². The normalized spacial score (nSPS) is 27.8. The molecule has 1 fully saturated rings. The minimum absolute atomic E-state index is 0.422. The van der Waals surface area contributed by atoms with Gasteiger partial charge in [-0.3, -0.25) is 0 Å². The van der Waals surface area contributed by atoms with Gasteiger partial charge in [-0.15, -0.1) is 0 Å². The van der Waals surface area contributed by atoms with Crippen molar-refractivity contribution in [1.29, 1.82) is 0 Å². The van der Waals surface area contributed by atoms with E-state index in [9.17, 15) is 0 Å². The van der Waals surface area contributed by atoms with Crippen LogP contribution in [0, 0.1) is 5.92 Å². The molecule has 1 saturated carbocycles. The summed E-state index contributed by atoms with van der Waals surface area (Å²) in [5.41, 5.74) is 10.7. The molecule has 0 aliphatic heterocycles. The highest BCUT2D eigenvalue weighted by Crippen LogP contribution is 2.36. The van der Waals surface area contributed by atoms with Crippen molar-refractivity contribution in [2.45, 2.75) is 70.3 Å². The summed E-state index contributed by atoms with van der Waals surface area (Å²) in [4.78, 5) is 0. The third-order valence-corrected chi connectivity index (χ3v) is 5.50. The van der Waals surface area contributed by atoms with Crippen molar-refractivity contribution in [3.8, 4) is 0 Å². The summed E-state index contributed by atoms with van der Waals surface area (Å²) in [5.74, 6) is 1.42. The van der Waals surface area contributed by atoms with Gasteiger partial charge < -0.3 is 10.5 Å². The zero-order valence-electron chi connectivity index (χ0n) is 14.0. The molecule has 0 amide bonds. The molecule has 0 aromatic heterocycles. The Morgan fingerprint density at radius 1 is 1.18 bits per heavy atom. The van der Waals surface area contributed by atoms with Crippen LogP contribution in [0.4, 0.5) is 0 Å². The Balaban J connectivity index is 1.57. The molecule has 2 aliphatic carbocycles. The Hall–Kier alpha value is -0.860. The highest BCUT2D eigenvalue weighted by atomic mass is 16.5. The van der Waals surface area contributed by atoms with Gasteiger partial charge in [-0.25, -0.2) is 0 Å². The first-order valence-corrected chi connectivity index (χ1v) is 9.21. The Morgan fingerprint density at radius 2 is 2.09 bits per heavy atom. The lowest BCUT2D eigenvalue weighted by molar-refractivity contribution is 0.0921. The first kappa shape index (κ1) is 16.0. The van der Waals surface area contributed by atoms with Crippen molar-refractivity contribution in [2.75, 3.05) is 13.2 Å². The molecule has 2 nitrogen and oxygen atoms in total. The average Bonchev–Trinajstić information content (AvgIpc) is 2.97. The highest BCUT2D eigenvalue weighted by molar-refractivity contribution is 5.36. The van der Waals surface area contributed by atoms with Crippen molar-refractivity contribution >= 4 is 0 Å². The number of aryl methyl sites for hydroxylation is 1.